The molecule has 1 N–H and O–H groups in total. The molecule has 0 unspecified atom stereocenters. The first-order valence-electron chi connectivity index (χ1n) is 10.5. The second-order valence-corrected chi connectivity index (χ2v) is 7.44. The van der Waals surface area contributed by atoms with Crippen LogP contribution in [0, 0.1) is 23.7 Å². The molecule has 0 rings (SSSR count). The van der Waals surface area contributed by atoms with E-state index in [1.54, 1.807) is 0 Å². The molecule has 0 bridgehead atoms. The quantitative estimate of drug-likeness (QED) is 0.128. The summed E-state index contributed by atoms with van der Waals surface area (Å²) >= 11 is 0. The van der Waals surface area contributed by atoms with Gasteiger partial charge in [0.15, 0.2) is 0 Å². The third-order valence-corrected chi connectivity index (χ3v) is 3.81. The Kier molecular flexibility index (Phi) is 18.3. The van der Waals surface area contributed by atoms with Gasteiger partial charge in [0.1, 0.15) is 6.23 Å². The van der Waals surface area contributed by atoms with Crippen LogP contribution in [0.15, 0.2) is 5.11 Å². The molecule has 166 valence electrons. The van der Waals surface area contributed by atoms with E-state index in [9.17, 15) is 4.79 Å². The number of hydrogen-bond donors (Lipinski definition) is 1. The Bertz CT molecular complexity index is 523. The SMILES string of the molecule is CC(C)C#CCNC(=O)CCOCCOCCO[C@@H](CCCCC(C)C)N=[N+]=[N-]. The number of ether oxygens (including phenoxy) is 3. The average Bonchev–Trinajstić information content (AvgIpc) is 2.66. The van der Waals surface area contributed by atoms with E-state index < -0.39 is 6.23 Å². The third-order valence-electron chi connectivity index (χ3n) is 3.81. The summed E-state index contributed by atoms with van der Waals surface area (Å²) in [7, 11) is 0. The molecule has 1 atom stereocenters. The summed E-state index contributed by atoms with van der Waals surface area (Å²) < 4.78 is 16.4. The van der Waals surface area contributed by atoms with E-state index in [0.29, 0.717) is 57.8 Å². The number of amides is 1. The number of hydrogen-bond acceptors (Lipinski definition) is 5. The van der Waals surface area contributed by atoms with Crippen molar-refractivity contribution >= 4 is 5.91 Å². The van der Waals surface area contributed by atoms with E-state index >= 15 is 0 Å². The van der Waals surface area contributed by atoms with Crippen LogP contribution in [0.2, 0.25) is 0 Å². The maximum atomic E-state index is 11.6. The summed E-state index contributed by atoms with van der Waals surface area (Å²) in [4.78, 5) is 14.4. The Morgan fingerprint density at radius 1 is 1.03 bits per heavy atom. The molecule has 0 spiro atoms. The Morgan fingerprint density at radius 3 is 2.34 bits per heavy atom. The van der Waals surface area contributed by atoms with Crippen molar-refractivity contribution in [3.05, 3.63) is 10.4 Å². The summed E-state index contributed by atoms with van der Waals surface area (Å²) in [6, 6.07) is 0. The zero-order chi connectivity index (χ0) is 21.7. The summed E-state index contributed by atoms with van der Waals surface area (Å²) in [6.45, 7) is 10.7. The Labute approximate surface area is 175 Å². The van der Waals surface area contributed by atoms with Gasteiger partial charge < -0.3 is 19.5 Å². The third kappa shape index (κ3) is 20.8. The maximum absolute atomic E-state index is 11.6. The van der Waals surface area contributed by atoms with Gasteiger partial charge in [0.25, 0.3) is 0 Å². The van der Waals surface area contributed by atoms with Crippen molar-refractivity contribution in [1.29, 1.82) is 0 Å². The van der Waals surface area contributed by atoms with Crippen LogP contribution < -0.4 is 5.32 Å². The van der Waals surface area contributed by atoms with Crippen molar-refractivity contribution in [1.82, 2.24) is 5.32 Å². The monoisotopic (exact) mass is 410 g/mol. The molecule has 0 aromatic heterocycles. The highest BCUT2D eigenvalue weighted by atomic mass is 16.5. The number of rotatable bonds is 17. The minimum Gasteiger partial charge on any atom is -0.379 e. The van der Waals surface area contributed by atoms with Gasteiger partial charge in [-0.05, 0) is 17.9 Å². The first-order chi connectivity index (χ1) is 14.0. The predicted molar refractivity (Wildman–Crippen MR) is 114 cm³/mol. The van der Waals surface area contributed by atoms with Crippen LogP contribution in [0.25, 0.3) is 10.4 Å². The van der Waals surface area contributed by atoms with Gasteiger partial charge in [-0.1, -0.05) is 63.9 Å². The molecule has 0 saturated heterocycles. The van der Waals surface area contributed by atoms with E-state index in [0.717, 1.165) is 19.3 Å². The average molecular weight is 411 g/mol. The summed E-state index contributed by atoms with van der Waals surface area (Å²) in [5.41, 5.74) is 8.62. The van der Waals surface area contributed by atoms with E-state index in [1.165, 1.54) is 6.42 Å². The van der Waals surface area contributed by atoms with E-state index in [1.807, 2.05) is 13.8 Å². The highest BCUT2D eigenvalue weighted by Gasteiger charge is 2.07. The molecule has 0 aliphatic carbocycles. The predicted octanol–water partition coefficient (Wildman–Crippen LogP) is 4.05. The lowest BCUT2D eigenvalue weighted by molar-refractivity contribution is -0.122. The summed E-state index contributed by atoms with van der Waals surface area (Å²) in [5, 5.41) is 6.41. The molecule has 8 heteroatoms. The highest BCUT2D eigenvalue weighted by Crippen LogP contribution is 2.12. The number of nitrogens with zero attached hydrogens (tertiary/aromatic N) is 3. The lowest BCUT2D eigenvalue weighted by Crippen LogP contribution is -2.25. The van der Waals surface area contributed by atoms with Gasteiger partial charge in [-0.2, -0.15) is 0 Å². The second kappa shape index (κ2) is 19.5. The number of unbranched alkanes of at least 4 members (excludes halogenated alkanes) is 1. The topological polar surface area (TPSA) is 106 Å². The molecule has 0 heterocycles. The van der Waals surface area contributed by atoms with E-state index in [2.05, 4.69) is 41.0 Å². The standard InChI is InChI=1S/C21H38N4O4/c1-18(2)8-5-6-10-21(24-25-22)29-17-16-28-15-14-27-13-11-20(26)23-12-7-9-19(3)4/h18-19,21H,5-6,8,10-17H2,1-4H3,(H,23,26)/t21-/m0/s1. The first-order valence-corrected chi connectivity index (χ1v) is 10.5. The lowest BCUT2D eigenvalue weighted by atomic mass is 10.1. The van der Waals surface area contributed by atoms with Crippen molar-refractivity contribution in [2.45, 2.75) is 66.0 Å². The number of carbonyl (C=O) groups excluding carboxylic acids is 1. The number of azide groups is 1. The van der Waals surface area contributed by atoms with Crippen molar-refractivity contribution < 1.29 is 19.0 Å². The molecular formula is C21H38N4O4. The molecule has 29 heavy (non-hydrogen) atoms. The van der Waals surface area contributed by atoms with Gasteiger partial charge in [-0.15, -0.1) is 0 Å². The molecule has 1 amide bonds. The normalized spacial score (nSPS) is 11.7. The lowest BCUT2D eigenvalue weighted by Gasteiger charge is -2.13. The molecular weight excluding hydrogens is 372 g/mol. The van der Waals surface area contributed by atoms with Crippen molar-refractivity contribution in [2.75, 3.05) is 39.6 Å². The van der Waals surface area contributed by atoms with Crippen LogP contribution >= 0.6 is 0 Å². The molecule has 0 aromatic rings. The summed E-state index contributed by atoms with van der Waals surface area (Å²) in [6.07, 6.45) is 3.85. The highest BCUT2D eigenvalue weighted by molar-refractivity contribution is 5.76. The van der Waals surface area contributed by atoms with Crippen molar-refractivity contribution in [3.63, 3.8) is 0 Å². The molecule has 8 nitrogen and oxygen atoms in total. The van der Waals surface area contributed by atoms with Crippen LogP contribution in [0.4, 0.5) is 0 Å². The van der Waals surface area contributed by atoms with Gasteiger partial charge >= 0.3 is 0 Å². The molecule has 0 aliphatic heterocycles. The molecule has 0 radical (unpaired) electrons. The van der Waals surface area contributed by atoms with Crippen molar-refractivity contribution in [2.24, 2.45) is 17.0 Å². The van der Waals surface area contributed by atoms with Crippen LogP contribution in [0.5, 0.6) is 0 Å². The maximum Gasteiger partial charge on any atom is 0.223 e. The zero-order valence-corrected chi connectivity index (χ0v) is 18.5. The van der Waals surface area contributed by atoms with Crippen LogP contribution in [-0.2, 0) is 19.0 Å². The fourth-order valence-electron chi connectivity index (χ4n) is 2.32. The molecule has 0 aromatic carbocycles. The van der Waals surface area contributed by atoms with E-state index in [4.69, 9.17) is 19.7 Å². The van der Waals surface area contributed by atoms with Crippen LogP contribution in [0.1, 0.15) is 59.8 Å². The van der Waals surface area contributed by atoms with Crippen molar-refractivity contribution in [3.8, 4) is 11.8 Å². The smallest absolute Gasteiger partial charge is 0.223 e. The van der Waals surface area contributed by atoms with E-state index in [-0.39, 0.29) is 5.91 Å². The number of carbonyl (C=O) groups is 1. The zero-order valence-electron chi connectivity index (χ0n) is 18.5. The van der Waals surface area contributed by atoms with Gasteiger partial charge in [0.2, 0.25) is 5.91 Å². The molecule has 0 fully saturated rings. The molecule has 0 aliphatic rings. The van der Waals surface area contributed by atoms with Gasteiger partial charge in [-0.25, -0.2) is 0 Å². The van der Waals surface area contributed by atoms with Crippen LogP contribution in [0.3, 0.4) is 0 Å². The Hall–Kier alpha value is -1.78. The largest absolute Gasteiger partial charge is 0.379 e. The summed E-state index contributed by atoms with van der Waals surface area (Å²) in [5.74, 6) is 6.80. The minimum absolute atomic E-state index is 0.0742. The number of nitrogens with one attached hydrogen (secondary N) is 1. The van der Waals surface area contributed by atoms with Gasteiger partial charge in [0.05, 0.1) is 39.6 Å². The fraction of sp³-hybridized carbons (Fsp3) is 0.857. The first kappa shape index (κ1) is 27.2. The van der Waals surface area contributed by atoms with Gasteiger partial charge in [-0.3, -0.25) is 4.79 Å². The fourth-order valence-corrected chi connectivity index (χ4v) is 2.32. The second-order valence-electron chi connectivity index (χ2n) is 7.44. The minimum atomic E-state index is -0.434. The Morgan fingerprint density at radius 2 is 1.69 bits per heavy atom. The molecule has 0 saturated carbocycles. The van der Waals surface area contributed by atoms with Gasteiger partial charge in [0, 0.05) is 17.3 Å². The Balaban J connectivity index is 3.57. The van der Waals surface area contributed by atoms with Crippen LogP contribution in [-0.4, -0.2) is 51.7 Å².